The van der Waals surface area contributed by atoms with Crippen LogP contribution in [-0.2, 0) is 9.53 Å². The van der Waals surface area contributed by atoms with Crippen LogP contribution >= 0.6 is 0 Å². The molecule has 1 aromatic heterocycles. The number of carbonyl (C=O) groups is 2. The Labute approximate surface area is 139 Å². The van der Waals surface area contributed by atoms with Gasteiger partial charge in [0.05, 0.1) is 11.3 Å². The summed E-state index contributed by atoms with van der Waals surface area (Å²) in [5, 5.41) is 10.9. The van der Waals surface area contributed by atoms with E-state index in [2.05, 4.69) is 22.1 Å². The molecule has 1 heterocycles. The normalized spacial score (nSPS) is 10.2. The van der Waals surface area contributed by atoms with Crippen molar-refractivity contribution in [3.8, 4) is 5.69 Å². The van der Waals surface area contributed by atoms with Gasteiger partial charge in [-0.2, -0.15) is 4.68 Å². The predicted molar refractivity (Wildman–Crippen MR) is 86.5 cm³/mol. The molecule has 0 aliphatic heterocycles. The minimum absolute atomic E-state index is 0.270. The molecule has 0 N–H and O–H groups in total. The lowest BCUT2D eigenvalue weighted by Gasteiger charge is -2.20. The second-order valence-corrected chi connectivity index (χ2v) is 5.21. The summed E-state index contributed by atoms with van der Waals surface area (Å²) >= 11 is 0. The molecule has 1 amide bonds. The van der Waals surface area contributed by atoms with Gasteiger partial charge in [-0.3, -0.25) is 4.79 Å². The maximum absolute atomic E-state index is 12.3. The van der Waals surface area contributed by atoms with Crippen LogP contribution in [0.3, 0.4) is 0 Å². The SMILES string of the molecule is C=C(C)CN(CC)C(=O)COC(=O)c1ccccc1-n1cnnn1. The van der Waals surface area contributed by atoms with E-state index in [1.54, 1.807) is 29.2 Å². The lowest BCUT2D eigenvalue weighted by atomic mass is 10.2. The highest BCUT2D eigenvalue weighted by atomic mass is 16.5. The number of likely N-dealkylation sites (N-methyl/N-ethyl adjacent to an activating group) is 1. The molecule has 24 heavy (non-hydrogen) atoms. The zero-order valence-corrected chi connectivity index (χ0v) is 13.7. The van der Waals surface area contributed by atoms with Gasteiger partial charge in [-0.25, -0.2) is 4.79 Å². The molecule has 0 aliphatic carbocycles. The Kier molecular flexibility index (Phi) is 5.78. The van der Waals surface area contributed by atoms with Crippen molar-refractivity contribution in [1.29, 1.82) is 0 Å². The highest BCUT2D eigenvalue weighted by molar-refractivity contribution is 5.94. The Hall–Kier alpha value is -3.03. The summed E-state index contributed by atoms with van der Waals surface area (Å²) in [6.45, 7) is 8.11. The third-order valence-corrected chi connectivity index (χ3v) is 3.24. The van der Waals surface area contributed by atoms with Crippen molar-refractivity contribution in [2.75, 3.05) is 19.7 Å². The molecule has 0 unspecified atom stereocenters. The fourth-order valence-electron chi connectivity index (χ4n) is 2.12. The number of benzene rings is 1. The Balaban J connectivity index is 2.06. The number of amides is 1. The van der Waals surface area contributed by atoms with Gasteiger partial charge in [0, 0.05) is 13.1 Å². The summed E-state index contributed by atoms with van der Waals surface area (Å²) in [5.74, 6) is -0.880. The molecule has 0 fully saturated rings. The summed E-state index contributed by atoms with van der Waals surface area (Å²) < 4.78 is 6.51. The van der Waals surface area contributed by atoms with E-state index in [0.29, 0.717) is 18.8 Å². The maximum atomic E-state index is 12.3. The Bertz CT molecular complexity index is 727. The number of carbonyl (C=O) groups excluding carboxylic acids is 2. The van der Waals surface area contributed by atoms with E-state index < -0.39 is 5.97 Å². The fourth-order valence-corrected chi connectivity index (χ4v) is 2.12. The molecule has 0 saturated heterocycles. The Morgan fingerprint density at radius 3 is 2.71 bits per heavy atom. The van der Waals surface area contributed by atoms with Crippen molar-refractivity contribution < 1.29 is 14.3 Å². The van der Waals surface area contributed by atoms with Crippen LogP contribution in [0.2, 0.25) is 0 Å². The van der Waals surface area contributed by atoms with Crippen LogP contribution in [0.1, 0.15) is 24.2 Å². The largest absolute Gasteiger partial charge is 0.452 e. The predicted octanol–water partition coefficient (Wildman–Crippen LogP) is 1.24. The van der Waals surface area contributed by atoms with E-state index in [1.165, 1.54) is 11.0 Å². The van der Waals surface area contributed by atoms with Crippen LogP contribution in [0, 0.1) is 0 Å². The summed E-state index contributed by atoms with van der Waals surface area (Å²) in [7, 11) is 0. The number of nitrogens with zero attached hydrogens (tertiary/aromatic N) is 5. The second-order valence-electron chi connectivity index (χ2n) is 5.21. The highest BCUT2D eigenvalue weighted by Crippen LogP contribution is 2.14. The van der Waals surface area contributed by atoms with Gasteiger partial charge in [0.1, 0.15) is 6.33 Å². The van der Waals surface area contributed by atoms with Crippen molar-refractivity contribution in [1.82, 2.24) is 25.1 Å². The van der Waals surface area contributed by atoms with Crippen molar-refractivity contribution in [3.63, 3.8) is 0 Å². The summed E-state index contributed by atoms with van der Waals surface area (Å²) in [4.78, 5) is 26.0. The molecule has 0 saturated carbocycles. The lowest BCUT2D eigenvalue weighted by Crippen LogP contribution is -2.35. The molecule has 8 nitrogen and oxygen atoms in total. The number of aromatic nitrogens is 4. The number of rotatable bonds is 7. The molecule has 0 radical (unpaired) electrons. The third-order valence-electron chi connectivity index (χ3n) is 3.24. The summed E-state index contributed by atoms with van der Waals surface area (Å²) in [5.41, 5.74) is 1.62. The smallest absolute Gasteiger partial charge is 0.340 e. The molecular formula is C16H19N5O3. The molecule has 2 aromatic rings. The number of hydrogen-bond acceptors (Lipinski definition) is 6. The van der Waals surface area contributed by atoms with E-state index in [1.807, 2.05) is 13.8 Å². The number of hydrogen-bond donors (Lipinski definition) is 0. The van der Waals surface area contributed by atoms with Crippen LogP contribution < -0.4 is 0 Å². The van der Waals surface area contributed by atoms with E-state index >= 15 is 0 Å². The Morgan fingerprint density at radius 2 is 2.08 bits per heavy atom. The van der Waals surface area contributed by atoms with Gasteiger partial charge in [-0.15, -0.1) is 5.10 Å². The van der Waals surface area contributed by atoms with Crippen molar-refractivity contribution in [2.24, 2.45) is 0 Å². The van der Waals surface area contributed by atoms with Crippen molar-refractivity contribution in [2.45, 2.75) is 13.8 Å². The molecular weight excluding hydrogens is 310 g/mol. The van der Waals surface area contributed by atoms with Crippen molar-refractivity contribution in [3.05, 3.63) is 48.3 Å². The van der Waals surface area contributed by atoms with Gasteiger partial charge < -0.3 is 9.64 Å². The molecule has 0 atom stereocenters. The van der Waals surface area contributed by atoms with Gasteiger partial charge >= 0.3 is 5.97 Å². The fraction of sp³-hybridized carbons (Fsp3) is 0.312. The number of para-hydroxylation sites is 1. The average Bonchev–Trinajstić information content (AvgIpc) is 3.11. The van der Waals surface area contributed by atoms with Gasteiger partial charge in [0.15, 0.2) is 6.61 Å². The van der Waals surface area contributed by atoms with Crippen LogP contribution in [0.4, 0.5) is 0 Å². The first-order valence-corrected chi connectivity index (χ1v) is 7.44. The lowest BCUT2D eigenvalue weighted by molar-refractivity contribution is -0.133. The first kappa shape index (κ1) is 17.3. The van der Waals surface area contributed by atoms with Crippen LogP contribution in [0.15, 0.2) is 42.7 Å². The van der Waals surface area contributed by atoms with Gasteiger partial charge in [0.25, 0.3) is 5.91 Å². The summed E-state index contributed by atoms with van der Waals surface area (Å²) in [6.07, 6.45) is 1.38. The quantitative estimate of drug-likeness (QED) is 0.561. The number of esters is 1. The highest BCUT2D eigenvalue weighted by Gasteiger charge is 2.18. The third kappa shape index (κ3) is 4.25. The van der Waals surface area contributed by atoms with E-state index in [-0.39, 0.29) is 18.1 Å². The van der Waals surface area contributed by atoms with Gasteiger partial charge in [-0.1, -0.05) is 24.3 Å². The minimum Gasteiger partial charge on any atom is -0.452 e. The molecule has 1 aromatic carbocycles. The molecule has 0 spiro atoms. The molecule has 8 heteroatoms. The van der Waals surface area contributed by atoms with E-state index in [0.717, 1.165) is 5.57 Å². The molecule has 2 rings (SSSR count). The monoisotopic (exact) mass is 329 g/mol. The first-order chi connectivity index (χ1) is 11.5. The maximum Gasteiger partial charge on any atom is 0.340 e. The zero-order valence-electron chi connectivity index (χ0n) is 13.7. The number of ether oxygens (including phenoxy) is 1. The molecule has 0 aliphatic rings. The molecule has 0 bridgehead atoms. The summed E-state index contributed by atoms with van der Waals surface area (Å²) in [6, 6.07) is 6.74. The minimum atomic E-state index is -0.610. The number of tetrazole rings is 1. The standard InChI is InChI=1S/C16H19N5O3/c1-4-20(9-12(2)3)15(22)10-24-16(23)13-7-5-6-8-14(13)21-11-17-18-19-21/h5-8,11H,2,4,9-10H2,1,3H3. The van der Waals surface area contributed by atoms with E-state index in [9.17, 15) is 9.59 Å². The van der Waals surface area contributed by atoms with Gasteiger partial charge in [-0.05, 0) is 36.4 Å². The molecule has 126 valence electrons. The van der Waals surface area contributed by atoms with Crippen LogP contribution in [-0.4, -0.2) is 56.7 Å². The second kappa shape index (κ2) is 8.00. The topological polar surface area (TPSA) is 90.2 Å². The van der Waals surface area contributed by atoms with Gasteiger partial charge in [0.2, 0.25) is 0 Å². The Morgan fingerprint density at radius 1 is 1.33 bits per heavy atom. The average molecular weight is 329 g/mol. The van der Waals surface area contributed by atoms with Crippen molar-refractivity contribution >= 4 is 11.9 Å². The van der Waals surface area contributed by atoms with E-state index in [4.69, 9.17) is 4.74 Å². The first-order valence-electron chi connectivity index (χ1n) is 7.44. The zero-order chi connectivity index (χ0) is 17.5. The van der Waals surface area contributed by atoms with Crippen LogP contribution in [0.5, 0.6) is 0 Å². The van der Waals surface area contributed by atoms with Crippen LogP contribution in [0.25, 0.3) is 5.69 Å².